The Hall–Kier alpha value is -3.23. The molecule has 1 aromatic carbocycles. The van der Waals surface area contributed by atoms with E-state index in [4.69, 9.17) is 4.42 Å². The van der Waals surface area contributed by atoms with Gasteiger partial charge in [-0.1, -0.05) is 6.07 Å². The second-order valence-electron chi connectivity index (χ2n) is 4.13. The lowest BCUT2D eigenvalue weighted by molar-refractivity contribution is -0.402. The van der Waals surface area contributed by atoms with Crippen LogP contribution in [-0.2, 0) is 0 Å². The molecule has 0 bridgehead atoms. The van der Waals surface area contributed by atoms with Crippen LogP contribution < -0.4 is 5.32 Å². The molecule has 0 aliphatic rings. The van der Waals surface area contributed by atoms with Gasteiger partial charge in [-0.05, 0) is 24.6 Å². The van der Waals surface area contributed by atoms with E-state index in [-0.39, 0.29) is 17.1 Å². The minimum absolute atomic E-state index is 0.0188. The lowest BCUT2D eigenvalue weighted by Gasteiger charge is -2.04. The van der Waals surface area contributed by atoms with Gasteiger partial charge in [-0.25, -0.2) is 0 Å². The normalized spacial score (nSPS) is 10.1. The fraction of sp³-hybridized carbons (Fsp3) is 0.0833. The average Bonchev–Trinajstić information content (AvgIpc) is 2.90. The zero-order valence-electron chi connectivity index (χ0n) is 10.7. The highest BCUT2D eigenvalue weighted by Crippen LogP contribution is 2.26. The van der Waals surface area contributed by atoms with Crippen molar-refractivity contribution in [3.05, 3.63) is 61.9 Å². The molecule has 1 N–H and O–H groups in total. The van der Waals surface area contributed by atoms with Crippen molar-refractivity contribution in [3.8, 4) is 0 Å². The molecule has 2 aromatic rings. The maximum atomic E-state index is 11.9. The number of nitro groups is 2. The number of nitrogens with one attached hydrogen (secondary N) is 1. The van der Waals surface area contributed by atoms with Crippen LogP contribution in [0.5, 0.6) is 0 Å². The quantitative estimate of drug-likeness (QED) is 0.681. The van der Waals surface area contributed by atoms with Crippen molar-refractivity contribution in [2.75, 3.05) is 5.32 Å². The zero-order chi connectivity index (χ0) is 15.6. The summed E-state index contributed by atoms with van der Waals surface area (Å²) in [4.78, 5) is 31.8. The fourth-order valence-electron chi connectivity index (χ4n) is 1.63. The number of nitrogens with zero attached hydrogens (tertiary/aromatic N) is 2. The number of nitro benzene ring substituents is 1. The first-order valence-corrected chi connectivity index (χ1v) is 5.69. The van der Waals surface area contributed by atoms with Crippen LogP contribution in [0.15, 0.2) is 34.7 Å². The lowest BCUT2D eigenvalue weighted by Crippen LogP contribution is -2.12. The van der Waals surface area contributed by atoms with Crippen LogP contribution in [0.25, 0.3) is 0 Å². The van der Waals surface area contributed by atoms with Crippen molar-refractivity contribution in [1.29, 1.82) is 0 Å². The summed E-state index contributed by atoms with van der Waals surface area (Å²) in [5, 5.41) is 23.7. The van der Waals surface area contributed by atoms with E-state index in [2.05, 4.69) is 5.32 Å². The minimum atomic E-state index is -0.810. The molecular formula is C12H9N3O6. The molecule has 2 rings (SSSR count). The Kier molecular flexibility index (Phi) is 3.65. The molecule has 0 unspecified atom stereocenters. The molecule has 1 amide bonds. The van der Waals surface area contributed by atoms with Crippen LogP contribution in [-0.4, -0.2) is 15.8 Å². The highest BCUT2D eigenvalue weighted by Gasteiger charge is 2.21. The summed E-state index contributed by atoms with van der Waals surface area (Å²) < 4.78 is 4.72. The smallest absolute Gasteiger partial charge is 0.395 e. The van der Waals surface area contributed by atoms with Gasteiger partial charge in [-0.15, -0.1) is 0 Å². The van der Waals surface area contributed by atoms with Gasteiger partial charge in [0.25, 0.3) is 11.6 Å². The lowest BCUT2D eigenvalue weighted by atomic mass is 10.2. The van der Waals surface area contributed by atoms with Crippen LogP contribution in [0, 0.1) is 27.2 Å². The number of carbonyl (C=O) groups is 1. The minimum Gasteiger partial charge on any atom is -0.395 e. The molecule has 9 heteroatoms. The van der Waals surface area contributed by atoms with E-state index in [0.29, 0.717) is 5.56 Å². The van der Waals surface area contributed by atoms with Gasteiger partial charge in [0.2, 0.25) is 0 Å². The Labute approximate surface area is 117 Å². The summed E-state index contributed by atoms with van der Waals surface area (Å²) in [6, 6.07) is 6.42. The first-order chi connectivity index (χ1) is 9.88. The molecule has 0 radical (unpaired) electrons. The van der Waals surface area contributed by atoms with Gasteiger partial charge >= 0.3 is 5.88 Å². The van der Waals surface area contributed by atoms with Crippen LogP contribution in [0.3, 0.4) is 0 Å². The average molecular weight is 291 g/mol. The molecule has 0 fully saturated rings. The fourth-order valence-corrected chi connectivity index (χ4v) is 1.63. The van der Waals surface area contributed by atoms with Crippen molar-refractivity contribution < 1.29 is 19.1 Å². The first-order valence-electron chi connectivity index (χ1n) is 5.69. The zero-order valence-corrected chi connectivity index (χ0v) is 10.7. The topological polar surface area (TPSA) is 129 Å². The summed E-state index contributed by atoms with van der Waals surface area (Å²) in [5.74, 6) is -1.70. The van der Waals surface area contributed by atoms with Crippen LogP contribution in [0.1, 0.15) is 16.1 Å². The molecule has 0 spiro atoms. The number of rotatable bonds is 4. The van der Waals surface area contributed by atoms with E-state index < -0.39 is 21.6 Å². The Bertz CT molecular complexity index is 736. The Morgan fingerprint density at radius 1 is 1.14 bits per heavy atom. The molecule has 1 heterocycles. The molecule has 0 saturated heterocycles. The molecule has 0 aliphatic heterocycles. The van der Waals surface area contributed by atoms with Gasteiger partial charge in [0.15, 0.2) is 5.76 Å². The molecule has 108 valence electrons. The van der Waals surface area contributed by atoms with Gasteiger partial charge in [0.1, 0.15) is 10.6 Å². The molecule has 0 aliphatic carbocycles. The second kappa shape index (κ2) is 5.41. The van der Waals surface area contributed by atoms with Crippen molar-refractivity contribution in [1.82, 2.24) is 0 Å². The summed E-state index contributed by atoms with van der Waals surface area (Å²) >= 11 is 0. The van der Waals surface area contributed by atoms with Gasteiger partial charge in [0.05, 0.1) is 11.0 Å². The molecular weight excluding hydrogens is 282 g/mol. The Morgan fingerprint density at radius 2 is 1.86 bits per heavy atom. The summed E-state index contributed by atoms with van der Waals surface area (Å²) in [6.07, 6.45) is 0. The van der Waals surface area contributed by atoms with E-state index >= 15 is 0 Å². The number of hydrogen-bond acceptors (Lipinski definition) is 6. The number of furan rings is 1. The van der Waals surface area contributed by atoms with E-state index in [1.807, 2.05) is 0 Å². The molecule has 0 saturated carbocycles. The molecule has 21 heavy (non-hydrogen) atoms. The third-order valence-corrected chi connectivity index (χ3v) is 2.59. The second-order valence-corrected chi connectivity index (χ2v) is 4.13. The molecule has 9 nitrogen and oxygen atoms in total. The van der Waals surface area contributed by atoms with E-state index in [1.54, 1.807) is 13.0 Å². The van der Waals surface area contributed by atoms with Crippen molar-refractivity contribution >= 4 is 23.2 Å². The summed E-state index contributed by atoms with van der Waals surface area (Å²) in [7, 11) is 0. The summed E-state index contributed by atoms with van der Waals surface area (Å²) in [6.45, 7) is 1.68. The van der Waals surface area contributed by atoms with Crippen molar-refractivity contribution in [2.45, 2.75) is 6.92 Å². The van der Waals surface area contributed by atoms with E-state index in [9.17, 15) is 25.0 Å². The highest BCUT2D eigenvalue weighted by atomic mass is 16.6. The number of aryl methyl sites for hydroxylation is 1. The van der Waals surface area contributed by atoms with E-state index in [0.717, 1.165) is 12.1 Å². The van der Waals surface area contributed by atoms with Gasteiger partial charge in [0, 0.05) is 6.07 Å². The van der Waals surface area contributed by atoms with Gasteiger partial charge in [-0.2, -0.15) is 0 Å². The number of anilines is 1. The monoisotopic (exact) mass is 291 g/mol. The van der Waals surface area contributed by atoms with Crippen molar-refractivity contribution in [3.63, 3.8) is 0 Å². The van der Waals surface area contributed by atoms with Crippen LogP contribution in [0.2, 0.25) is 0 Å². The Balaban J connectivity index is 2.27. The standard InChI is InChI=1S/C12H9N3O6/c1-7-2-3-8(9(6-7)14(17)18)13-12(16)10-4-5-11(21-10)15(19)20/h2-6H,1H3,(H,13,16). The number of carbonyl (C=O) groups excluding carboxylic acids is 1. The van der Waals surface area contributed by atoms with Crippen molar-refractivity contribution in [2.24, 2.45) is 0 Å². The SMILES string of the molecule is Cc1ccc(NC(=O)c2ccc([N+](=O)[O-])o2)c([N+](=O)[O-])c1. The number of amides is 1. The van der Waals surface area contributed by atoms with Crippen LogP contribution >= 0.6 is 0 Å². The maximum absolute atomic E-state index is 11.9. The predicted molar refractivity (Wildman–Crippen MR) is 71.1 cm³/mol. The third-order valence-electron chi connectivity index (χ3n) is 2.59. The van der Waals surface area contributed by atoms with Gasteiger partial charge < -0.3 is 9.73 Å². The van der Waals surface area contributed by atoms with Gasteiger partial charge in [-0.3, -0.25) is 25.0 Å². The largest absolute Gasteiger partial charge is 0.433 e. The number of benzene rings is 1. The third kappa shape index (κ3) is 3.03. The van der Waals surface area contributed by atoms with E-state index in [1.165, 1.54) is 12.1 Å². The highest BCUT2D eigenvalue weighted by molar-refractivity contribution is 6.03. The summed E-state index contributed by atoms with van der Waals surface area (Å²) in [5.41, 5.74) is 0.368. The Morgan fingerprint density at radius 3 is 2.43 bits per heavy atom. The predicted octanol–water partition coefficient (Wildman–Crippen LogP) is 2.66. The number of hydrogen-bond donors (Lipinski definition) is 1. The maximum Gasteiger partial charge on any atom is 0.433 e. The molecule has 1 aromatic heterocycles. The molecule has 0 atom stereocenters. The first kappa shape index (κ1) is 14.2. The van der Waals surface area contributed by atoms with Crippen LogP contribution in [0.4, 0.5) is 17.3 Å².